The maximum atomic E-state index is 12.9. The zero-order valence-corrected chi connectivity index (χ0v) is 19.3. The van der Waals surface area contributed by atoms with Crippen molar-refractivity contribution in [2.24, 2.45) is 7.05 Å². The van der Waals surface area contributed by atoms with Gasteiger partial charge in [-0.2, -0.15) is 5.10 Å². The third-order valence-electron chi connectivity index (χ3n) is 5.32. The van der Waals surface area contributed by atoms with E-state index in [0.717, 1.165) is 16.9 Å². The molecule has 2 N–H and O–H groups in total. The van der Waals surface area contributed by atoms with Crippen LogP contribution in [0.1, 0.15) is 43.3 Å². The van der Waals surface area contributed by atoms with Gasteiger partial charge in [-0.25, -0.2) is 0 Å². The van der Waals surface area contributed by atoms with Gasteiger partial charge in [-0.05, 0) is 55.3 Å². The van der Waals surface area contributed by atoms with Crippen molar-refractivity contribution in [3.8, 4) is 5.75 Å². The van der Waals surface area contributed by atoms with Gasteiger partial charge in [0.15, 0.2) is 0 Å². The van der Waals surface area contributed by atoms with E-state index in [1.807, 2.05) is 32.0 Å². The maximum Gasteiger partial charge on any atom is 0.272 e. The van der Waals surface area contributed by atoms with Crippen LogP contribution in [0.2, 0.25) is 0 Å². The fourth-order valence-electron chi connectivity index (χ4n) is 3.58. The summed E-state index contributed by atoms with van der Waals surface area (Å²) in [6.45, 7) is 4.60. The lowest BCUT2D eigenvalue weighted by Gasteiger charge is -2.11. The highest BCUT2D eigenvalue weighted by Crippen LogP contribution is 2.21. The Morgan fingerprint density at radius 2 is 1.91 bits per heavy atom. The molecule has 0 radical (unpaired) electrons. The largest absolute Gasteiger partial charge is 0.489 e. The SMILES string of the molecule is Cc1ccc(OCc2cccc(C(=O)Nc3cnn(C)c3C(=O)NCc3ccco3)c2)c(C)c1. The second-order valence-corrected chi connectivity index (χ2v) is 8.00. The second kappa shape index (κ2) is 10.1. The zero-order valence-electron chi connectivity index (χ0n) is 19.3. The van der Waals surface area contributed by atoms with E-state index in [1.54, 1.807) is 37.4 Å². The molecule has 0 saturated heterocycles. The van der Waals surface area contributed by atoms with Gasteiger partial charge in [0.2, 0.25) is 0 Å². The number of hydrogen-bond acceptors (Lipinski definition) is 5. The molecular formula is C26H26N4O4. The minimum Gasteiger partial charge on any atom is -0.489 e. The summed E-state index contributed by atoms with van der Waals surface area (Å²) in [4.78, 5) is 25.6. The summed E-state index contributed by atoms with van der Waals surface area (Å²) in [5.41, 5.74) is 4.11. The minimum atomic E-state index is -0.373. The number of hydrogen-bond donors (Lipinski definition) is 2. The van der Waals surface area contributed by atoms with Crippen molar-refractivity contribution < 1.29 is 18.7 Å². The lowest BCUT2D eigenvalue weighted by molar-refractivity contribution is 0.0939. The molecule has 2 aromatic carbocycles. The lowest BCUT2D eigenvalue weighted by atomic mass is 10.1. The number of rotatable bonds is 8. The number of ether oxygens (including phenoxy) is 1. The van der Waals surface area contributed by atoms with Gasteiger partial charge >= 0.3 is 0 Å². The summed E-state index contributed by atoms with van der Waals surface area (Å²) in [6, 6.07) is 16.7. The van der Waals surface area contributed by atoms with Gasteiger partial charge in [0.05, 0.1) is 24.7 Å². The molecule has 0 atom stereocenters. The zero-order chi connectivity index (χ0) is 24.1. The van der Waals surface area contributed by atoms with E-state index in [-0.39, 0.29) is 24.1 Å². The Hall–Kier alpha value is -4.33. The molecule has 0 aliphatic heterocycles. The normalized spacial score (nSPS) is 10.7. The molecule has 0 bridgehead atoms. The van der Waals surface area contributed by atoms with Crippen molar-refractivity contribution in [1.29, 1.82) is 0 Å². The quantitative estimate of drug-likeness (QED) is 0.408. The van der Waals surface area contributed by atoms with Crippen LogP contribution in [0.25, 0.3) is 0 Å². The van der Waals surface area contributed by atoms with Crippen molar-refractivity contribution >= 4 is 17.5 Å². The molecule has 8 nitrogen and oxygen atoms in total. The molecule has 0 fully saturated rings. The molecule has 0 spiro atoms. The van der Waals surface area contributed by atoms with Crippen LogP contribution in [0.3, 0.4) is 0 Å². The van der Waals surface area contributed by atoms with E-state index in [4.69, 9.17) is 9.15 Å². The van der Waals surface area contributed by atoms with Crippen LogP contribution in [0.5, 0.6) is 5.75 Å². The maximum absolute atomic E-state index is 12.9. The van der Waals surface area contributed by atoms with Gasteiger partial charge in [0.1, 0.15) is 23.8 Å². The molecule has 4 rings (SSSR count). The van der Waals surface area contributed by atoms with Crippen LogP contribution >= 0.6 is 0 Å². The van der Waals surface area contributed by atoms with Crippen LogP contribution in [0.4, 0.5) is 5.69 Å². The van der Waals surface area contributed by atoms with Crippen LogP contribution in [-0.4, -0.2) is 21.6 Å². The molecule has 4 aromatic rings. The summed E-state index contributed by atoms with van der Waals surface area (Å²) in [6.07, 6.45) is 2.99. The van der Waals surface area contributed by atoms with E-state index in [9.17, 15) is 9.59 Å². The molecule has 174 valence electrons. The highest BCUT2D eigenvalue weighted by atomic mass is 16.5. The van der Waals surface area contributed by atoms with E-state index in [1.165, 1.54) is 22.7 Å². The van der Waals surface area contributed by atoms with E-state index >= 15 is 0 Å². The Bertz CT molecular complexity index is 1310. The molecule has 2 aromatic heterocycles. The molecule has 0 aliphatic carbocycles. The van der Waals surface area contributed by atoms with Crippen LogP contribution < -0.4 is 15.4 Å². The molecule has 0 saturated carbocycles. The average molecular weight is 459 g/mol. The topological polar surface area (TPSA) is 98.4 Å². The van der Waals surface area contributed by atoms with Gasteiger partial charge < -0.3 is 19.8 Å². The summed E-state index contributed by atoms with van der Waals surface area (Å²) < 4.78 is 12.6. The Kier molecular flexibility index (Phi) is 6.77. The van der Waals surface area contributed by atoms with Crippen LogP contribution in [0.15, 0.2) is 71.5 Å². The first kappa shape index (κ1) is 22.8. The van der Waals surface area contributed by atoms with Crippen molar-refractivity contribution in [2.45, 2.75) is 27.0 Å². The van der Waals surface area contributed by atoms with E-state index < -0.39 is 0 Å². The third-order valence-corrected chi connectivity index (χ3v) is 5.32. The first-order valence-electron chi connectivity index (χ1n) is 10.8. The molecule has 2 heterocycles. The number of nitrogens with zero attached hydrogens (tertiary/aromatic N) is 2. The number of amides is 2. The van der Waals surface area contributed by atoms with Crippen molar-refractivity contribution in [2.75, 3.05) is 5.32 Å². The standard InChI is InChI=1S/C26H26N4O4/c1-17-9-10-23(18(2)12-17)34-16-19-6-4-7-20(13-19)25(31)29-22-15-28-30(3)24(22)26(32)27-14-21-8-5-11-33-21/h4-13,15H,14,16H2,1-3H3,(H,27,32)(H,29,31). The fraction of sp³-hybridized carbons (Fsp3) is 0.192. The average Bonchev–Trinajstić information content (AvgIpc) is 3.47. The summed E-state index contributed by atoms with van der Waals surface area (Å²) in [7, 11) is 1.64. The number of aromatic nitrogens is 2. The minimum absolute atomic E-state index is 0.229. The lowest BCUT2D eigenvalue weighted by Crippen LogP contribution is -2.26. The summed E-state index contributed by atoms with van der Waals surface area (Å²) in [5.74, 6) is 0.714. The van der Waals surface area contributed by atoms with E-state index in [2.05, 4.69) is 21.8 Å². The Morgan fingerprint density at radius 1 is 1.06 bits per heavy atom. The first-order valence-corrected chi connectivity index (χ1v) is 10.8. The Labute approximate surface area is 197 Å². The number of nitrogens with one attached hydrogen (secondary N) is 2. The highest BCUT2D eigenvalue weighted by molar-refractivity contribution is 6.08. The highest BCUT2D eigenvalue weighted by Gasteiger charge is 2.19. The number of aryl methyl sites for hydroxylation is 3. The van der Waals surface area contributed by atoms with Gasteiger partial charge in [-0.1, -0.05) is 29.8 Å². The summed E-state index contributed by atoms with van der Waals surface area (Å²) >= 11 is 0. The fourth-order valence-corrected chi connectivity index (χ4v) is 3.58. The molecular weight excluding hydrogens is 432 g/mol. The van der Waals surface area contributed by atoms with E-state index in [0.29, 0.717) is 23.6 Å². The second-order valence-electron chi connectivity index (χ2n) is 8.00. The van der Waals surface area contributed by atoms with Gasteiger partial charge in [-0.3, -0.25) is 14.3 Å². The Morgan fingerprint density at radius 3 is 2.68 bits per heavy atom. The molecule has 34 heavy (non-hydrogen) atoms. The van der Waals surface area contributed by atoms with Gasteiger partial charge in [-0.15, -0.1) is 0 Å². The predicted molar refractivity (Wildman–Crippen MR) is 128 cm³/mol. The van der Waals surface area contributed by atoms with Crippen LogP contribution in [-0.2, 0) is 20.2 Å². The van der Waals surface area contributed by atoms with Crippen LogP contribution in [0, 0.1) is 13.8 Å². The van der Waals surface area contributed by atoms with Crippen molar-refractivity contribution in [3.63, 3.8) is 0 Å². The monoisotopic (exact) mass is 458 g/mol. The number of carbonyl (C=O) groups is 2. The number of carbonyl (C=O) groups excluding carboxylic acids is 2. The Balaban J connectivity index is 1.42. The van der Waals surface area contributed by atoms with Crippen molar-refractivity contribution in [3.05, 3.63) is 101 Å². The number of furan rings is 1. The molecule has 2 amide bonds. The van der Waals surface area contributed by atoms with Gasteiger partial charge in [0.25, 0.3) is 11.8 Å². The number of anilines is 1. The predicted octanol–water partition coefficient (Wildman–Crippen LogP) is 4.39. The number of benzene rings is 2. The van der Waals surface area contributed by atoms with Gasteiger partial charge in [0, 0.05) is 12.6 Å². The third kappa shape index (κ3) is 5.35. The molecule has 0 unspecified atom stereocenters. The molecule has 8 heteroatoms. The molecule has 0 aliphatic rings. The van der Waals surface area contributed by atoms with Crippen molar-refractivity contribution in [1.82, 2.24) is 15.1 Å². The smallest absolute Gasteiger partial charge is 0.272 e. The summed E-state index contributed by atoms with van der Waals surface area (Å²) in [5, 5.41) is 9.68. The first-order chi connectivity index (χ1) is 16.4.